The first-order chi connectivity index (χ1) is 13.6. The number of nitrogens with zero attached hydrogens (tertiary/aromatic N) is 2. The van der Waals surface area contributed by atoms with E-state index in [1.165, 1.54) is 6.92 Å². The van der Waals surface area contributed by atoms with Crippen LogP contribution in [0.1, 0.15) is 46.1 Å². The average molecular weight is 401 g/mol. The molecule has 0 saturated carbocycles. The molecule has 1 aromatic rings. The minimum absolute atomic E-state index is 0.328. The lowest BCUT2D eigenvalue weighted by atomic mass is 9.97. The summed E-state index contributed by atoms with van der Waals surface area (Å²) in [5.41, 5.74) is 0.127. The average Bonchev–Trinajstić information content (AvgIpc) is 2.67. The summed E-state index contributed by atoms with van der Waals surface area (Å²) < 4.78 is 10.6. The fourth-order valence-electron chi connectivity index (χ4n) is 2.87. The van der Waals surface area contributed by atoms with Gasteiger partial charge in [-0.2, -0.15) is 5.26 Å². The van der Waals surface area contributed by atoms with E-state index in [4.69, 9.17) is 14.7 Å². The molecular weight excluding hydrogens is 374 g/mol. The maximum atomic E-state index is 12.4. The molecule has 8 nitrogen and oxygen atoms in total. The number of benzene rings is 1. The number of hydrogen-bond donors (Lipinski definition) is 1. The second kappa shape index (κ2) is 9.41. The first kappa shape index (κ1) is 22.2. The van der Waals surface area contributed by atoms with Crippen molar-refractivity contribution in [1.82, 2.24) is 4.90 Å². The van der Waals surface area contributed by atoms with E-state index in [9.17, 15) is 14.4 Å². The van der Waals surface area contributed by atoms with Crippen molar-refractivity contribution >= 4 is 23.7 Å². The van der Waals surface area contributed by atoms with E-state index in [1.54, 1.807) is 49.9 Å². The molecule has 1 atom stereocenters. The fraction of sp³-hybridized carbons (Fsp3) is 0.524. The standard InChI is InChI=1S/C21H27N3O5/c1-14(18(25)23-17-8-6-5-7-16(17)13-22)28-19(26)15-9-11-24(12-10-15)20(27)29-21(2,3)4/h5-8,14-15H,9-12H2,1-4H3,(H,23,25)/t14-/m0/s1. The van der Waals surface area contributed by atoms with Gasteiger partial charge in [-0.15, -0.1) is 0 Å². The van der Waals surface area contributed by atoms with Gasteiger partial charge in [0.05, 0.1) is 17.2 Å². The molecule has 8 heteroatoms. The van der Waals surface area contributed by atoms with Crippen molar-refractivity contribution in [1.29, 1.82) is 5.26 Å². The molecule has 1 fully saturated rings. The molecule has 1 aliphatic heterocycles. The molecule has 1 heterocycles. The maximum absolute atomic E-state index is 12.4. The molecule has 1 aromatic carbocycles. The predicted octanol–water partition coefficient (Wildman–Crippen LogP) is 3.08. The van der Waals surface area contributed by atoms with Crippen molar-refractivity contribution in [3.63, 3.8) is 0 Å². The van der Waals surface area contributed by atoms with Gasteiger partial charge in [0.15, 0.2) is 6.10 Å². The van der Waals surface area contributed by atoms with Crippen LogP contribution >= 0.6 is 0 Å². The summed E-state index contributed by atoms with van der Waals surface area (Å²) in [4.78, 5) is 38.4. The van der Waals surface area contributed by atoms with Gasteiger partial charge in [-0.05, 0) is 52.7 Å². The second-order valence-electron chi connectivity index (χ2n) is 7.97. The Kier molecular flexibility index (Phi) is 7.21. The molecular formula is C21H27N3O5. The van der Waals surface area contributed by atoms with E-state index >= 15 is 0 Å². The number of piperidine rings is 1. The van der Waals surface area contributed by atoms with Gasteiger partial charge >= 0.3 is 12.1 Å². The van der Waals surface area contributed by atoms with E-state index in [0.717, 1.165) is 0 Å². The molecule has 0 unspecified atom stereocenters. The van der Waals surface area contributed by atoms with Crippen molar-refractivity contribution in [3.8, 4) is 6.07 Å². The van der Waals surface area contributed by atoms with E-state index in [2.05, 4.69) is 5.32 Å². The van der Waals surface area contributed by atoms with Crippen LogP contribution in [0, 0.1) is 17.2 Å². The first-order valence-electron chi connectivity index (χ1n) is 9.59. The van der Waals surface area contributed by atoms with Crippen molar-refractivity contribution in [2.75, 3.05) is 18.4 Å². The smallest absolute Gasteiger partial charge is 0.410 e. The van der Waals surface area contributed by atoms with Gasteiger partial charge in [0, 0.05) is 13.1 Å². The maximum Gasteiger partial charge on any atom is 0.410 e. The van der Waals surface area contributed by atoms with Crippen LogP contribution in [0.2, 0.25) is 0 Å². The lowest BCUT2D eigenvalue weighted by molar-refractivity contribution is -0.158. The number of para-hydroxylation sites is 1. The highest BCUT2D eigenvalue weighted by atomic mass is 16.6. The third kappa shape index (κ3) is 6.49. The number of rotatable bonds is 4. The minimum atomic E-state index is -1.00. The Balaban J connectivity index is 1.84. The molecule has 29 heavy (non-hydrogen) atoms. The van der Waals surface area contributed by atoms with Crippen molar-refractivity contribution in [2.24, 2.45) is 5.92 Å². The molecule has 1 N–H and O–H groups in total. The van der Waals surface area contributed by atoms with Crippen LogP contribution in [0.5, 0.6) is 0 Å². The second-order valence-corrected chi connectivity index (χ2v) is 7.97. The number of amides is 2. The van der Waals surface area contributed by atoms with Crippen LogP contribution in [-0.2, 0) is 19.1 Å². The van der Waals surface area contributed by atoms with Crippen LogP contribution in [0.25, 0.3) is 0 Å². The Hall–Kier alpha value is -3.08. The molecule has 2 amide bonds. The number of esters is 1. The lowest BCUT2D eigenvalue weighted by Crippen LogP contribution is -2.43. The monoisotopic (exact) mass is 401 g/mol. The zero-order valence-corrected chi connectivity index (χ0v) is 17.2. The topological polar surface area (TPSA) is 109 Å². The van der Waals surface area contributed by atoms with Gasteiger partial charge in [-0.25, -0.2) is 4.79 Å². The van der Waals surface area contributed by atoms with E-state index in [0.29, 0.717) is 37.2 Å². The SMILES string of the molecule is C[C@H](OC(=O)C1CCN(C(=O)OC(C)(C)C)CC1)C(=O)Nc1ccccc1C#N. The predicted molar refractivity (Wildman–Crippen MR) is 106 cm³/mol. The van der Waals surface area contributed by atoms with Crippen molar-refractivity contribution < 1.29 is 23.9 Å². The number of nitriles is 1. The molecule has 2 rings (SSSR count). The number of nitrogens with one attached hydrogen (secondary N) is 1. The number of ether oxygens (including phenoxy) is 2. The number of hydrogen-bond acceptors (Lipinski definition) is 6. The third-order valence-electron chi connectivity index (χ3n) is 4.45. The Morgan fingerprint density at radius 2 is 1.83 bits per heavy atom. The van der Waals surface area contributed by atoms with E-state index < -0.39 is 29.7 Å². The van der Waals surface area contributed by atoms with Gasteiger partial charge in [0.1, 0.15) is 11.7 Å². The molecule has 0 radical (unpaired) electrons. The Morgan fingerprint density at radius 3 is 2.41 bits per heavy atom. The highest BCUT2D eigenvalue weighted by Crippen LogP contribution is 2.22. The zero-order valence-electron chi connectivity index (χ0n) is 17.2. The molecule has 156 valence electrons. The summed E-state index contributed by atoms with van der Waals surface area (Å²) >= 11 is 0. The summed E-state index contributed by atoms with van der Waals surface area (Å²) in [5.74, 6) is -1.35. The number of likely N-dealkylation sites (tertiary alicyclic amines) is 1. The molecule has 0 aromatic heterocycles. The highest BCUT2D eigenvalue weighted by Gasteiger charge is 2.32. The van der Waals surface area contributed by atoms with Crippen molar-refractivity contribution in [2.45, 2.75) is 52.2 Å². The first-order valence-corrected chi connectivity index (χ1v) is 9.59. The molecule has 0 aliphatic carbocycles. The summed E-state index contributed by atoms with van der Waals surface area (Å²) in [7, 11) is 0. The van der Waals surface area contributed by atoms with Gasteiger partial charge in [-0.3, -0.25) is 9.59 Å². The lowest BCUT2D eigenvalue weighted by Gasteiger charge is -2.32. The van der Waals surface area contributed by atoms with Gasteiger partial charge in [-0.1, -0.05) is 12.1 Å². The largest absolute Gasteiger partial charge is 0.452 e. The zero-order chi connectivity index (χ0) is 21.6. The minimum Gasteiger partial charge on any atom is -0.452 e. The van der Waals surface area contributed by atoms with Crippen LogP contribution in [0.15, 0.2) is 24.3 Å². The summed E-state index contributed by atoms with van der Waals surface area (Å²) in [6, 6.07) is 8.59. The van der Waals surface area contributed by atoms with Gasteiger partial charge in [0.25, 0.3) is 5.91 Å². The van der Waals surface area contributed by atoms with E-state index in [-0.39, 0.29) is 5.92 Å². The number of anilines is 1. The quantitative estimate of drug-likeness (QED) is 0.777. The van der Waals surface area contributed by atoms with Crippen LogP contribution < -0.4 is 5.32 Å². The van der Waals surface area contributed by atoms with Crippen LogP contribution in [0.3, 0.4) is 0 Å². The Bertz CT molecular complexity index is 801. The number of carbonyl (C=O) groups is 3. The Labute approximate surface area is 170 Å². The molecule has 1 saturated heterocycles. The number of carbonyl (C=O) groups excluding carboxylic acids is 3. The molecule has 0 spiro atoms. The Morgan fingerprint density at radius 1 is 1.21 bits per heavy atom. The summed E-state index contributed by atoms with van der Waals surface area (Å²) in [5, 5.41) is 11.7. The third-order valence-corrected chi connectivity index (χ3v) is 4.45. The van der Waals surface area contributed by atoms with Crippen LogP contribution in [0.4, 0.5) is 10.5 Å². The fourth-order valence-corrected chi connectivity index (χ4v) is 2.87. The summed E-state index contributed by atoms with van der Waals surface area (Å²) in [6.07, 6.45) is -0.501. The molecule has 0 bridgehead atoms. The van der Waals surface area contributed by atoms with Crippen LogP contribution in [-0.4, -0.2) is 47.7 Å². The van der Waals surface area contributed by atoms with E-state index in [1.807, 2.05) is 6.07 Å². The summed E-state index contributed by atoms with van der Waals surface area (Å²) in [6.45, 7) is 7.68. The normalized spacial score (nSPS) is 15.8. The van der Waals surface area contributed by atoms with Crippen molar-refractivity contribution in [3.05, 3.63) is 29.8 Å². The van der Waals surface area contributed by atoms with Gasteiger partial charge in [0.2, 0.25) is 0 Å². The molecule has 1 aliphatic rings. The van der Waals surface area contributed by atoms with Gasteiger partial charge < -0.3 is 19.7 Å². The highest BCUT2D eigenvalue weighted by molar-refractivity contribution is 5.96.